The molecule has 0 amide bonds. The van der Waals surface area contributed by atoms with E-state index in [1.807, 2.05) is 12.3 Å². The third-order valence-electron chi connectivity index (χ3n) is 6.59. The molecule has 1 unspecified atom stereocenters. The van der Waals surface area contributed by atoms with Gasteiger partial charge in [-0.25, -0.2) is 0 Å². The summed E-state index contributed by atoms with van der Waals surface area (Å²) in [6, 6.07) is 28.9. The number of benzene rings is 3. The van der Waals surface area contributed by atoms with E-state index in [-0.39, 0.29) is 5.92 Å². The fourth-order valence-electron chi connectivity index (χ4n) is 5.15. The van der Waals surface area contributed by atoms with Crippen LogP contribution < -0.4 is 0 Å². The molecule has 1 aliphatic rings. The minimum atomic E-state index is 0.278. The molecule has 4 aromatic rings. The quantitative estimate of drug-likeness (QED) is 0.295. The van der Waals surface area contributed by atoms with Crippen LogP contribution in [0.1, 0.15) is 73.3 Å². The van der Waals surface area contributed by atoms with E-state index in [1.165, 1.54) is 44.5 Å². The van der Waals surface area contributed by atoms with Crippen LogP contribution in [0, 0.1) is 0 Å². The second-order valence-electron chi connectivity index (χ2n) is 9.20. The van der Waals surface area contributed by atoms with Gasteiger partial charge in [0.15, 0.2) is 0 Å². The lowest BCUT2D eigenvalue weighted by molar-refractivity contribution is 0.786. The molecule has 0 bridgehead atoms. The molecule has 0 saturated carbocycles. The highest BCUT2D eigenvalue weighted by Crippen LogP contribution is 2.51. The monoisotopic (exact) mass is 403 g/mol. The number of hydrogen-bond acceptors (Lipinski definition) is 1. The molecule has 1 aliphatic carbocycles. The van der Waals surface area contributed by atoms with Crippen LogP contribution in [-0.4, -0.2) is 4.98 Å². The first-order valence-corrected chi connectivity index (χ1v) is 11.3. The highest BCUT2D eigenvalue weighted by Gasteiger charge is 2.33. The van der Waals surface area contributed by atoms with Gasteiger partial charge in [-0.3, -0.25) is 4.98 Å². The molecule has 3 aromatic carbocycles. The van der Waals surface area contributed by atoms with Crippen LogP contribution >= 0.6 is 0 Å². The van der Waals surface area contributed by atoms with Crippen molar-refractivity contribution in [1.82, 2.24) is 4.98 Å². The molecule has 31 heavy (non-hydrogen) atoms. The number of nitrogens with zero attached hydrogens (tertiary/aromatic N) is 1. The number of hydrogen-bond donors (Lipinski definition) is 0. The molecule has 1 heteroatoms. The molecule has 1 heterocycles. The molecule has 154 valence electrons. The Morgan fingerprint density at radius 3 is 2.00 bits per heavy atom. The minimum absolute atomic E-state index is 0.278. The first-order valence-electron chi connectivity index (χ1n) is 11.3. The van der Waals surface area contributed by atoms with Gasteiger partial charge < -0.3 is 0 Å². The maximum absolute atomic E-state index is 4.58. The van der Waals surface area contributed by atoms with Crippen LogP contribution in [0.3, 0.4) is 0 Å². The van der Waals surface area contributed by atoms with Crippen molar-refractivity contribution >= 4 is 0 Å². The van der Waals surface area contributed by atoms with Crippen molar-refractivity contribution < 1.29 is 0 Å². The molecule has 0 N–H and O–H groups in total. The number of rotatable bonds is 4. The molecule has 0 saturated heterocycles. The molecule has 0 spiro atoms. The molecule has 1 nitrogen and oxygen atoms in total. The van der Waals surface area contributed by atoms with E-state index >= 15 is 0 Å². The largest absolute Gasteiger partial charge is 0.256 e. The summed E-state index contributed by atoms with van der Waals surface area (Å²) >= 11 is 0. The van der Waals surface area contributed by atoms with E-state index in [9.17, 15) is 0 Å². The lowest BCUT2D eigenvalue weighted by atomic mass is 9.78. The van der Waals surface area contributed by atoms with E-state index in [1.54, 1.807) is 0 Å². The Morgan fingerprint density at radius 2 is 1.32 bits per heavy atom. The topological polar surface area (TPSA) is 12.9 Å². The smallest absolute Gasteiger partial charge is 0.0702 e. The van der Waals surface area contributed by atoms with Crippen LogP contribution in [0.4, 0.5) is 0 Å². The van der Waals surface area contributed by atoms with Gasteiger partial charge in [-0.15, -0.1) is 0 Å². The fourth-order valence-corrected chi connectivity index (χ4v) is 5.15. The summed E-state index contributed by atoms with van der Waals surface area (Å²) in [6.07, 6.45) is 1.87. The zero-order valence-corrected chi connectivity index (χ0v) is 18.8. The summed E-state index contributed by atoms with van der Waals surface area (Å²) in [7, 11) is 0. The average molecular weight is 404 g/mol. The van der Waals surface area contributed by atoms with Crippen molar-refractivity contribution in [2.24, 2.45) is 0 Å². The fraction of sp³-hybridized carbons (Fsp3) is 0.233. The van der Waals surface area contributed by atoms with Crippen LogP contribution in [0.2, 0.25) is 0 Å². The minimum Gasteiger partial charge on any atom is -0.256 e. The Balaban J connectivity index is 1.78. The Bertz CT molecular complexity index is 1210. The van der Waals surface area contributed by atoms with E-state index < -0.39 is 0 Å². The van der Waals surface area contributed by atoms with Crippen molar-refractivity contribution in [1.29, 1.82) is 0 Å². The van der Waals surface area contributed by atoms with Gasteiger partial charge in [0.1, 0.15) is 0 Å². The van der Waals surface area contributed by atoms with Gasteiger partial charge in [0, 0.05) is 17.7 Å². The lowest BCUT2D eigenvalue weighted by Gasteiger charge is -2.26. The summed E-state index contributed by atoms with van der Waals surface area (Å²) in [5, 5.41) is 0. The molecule has 1 atom stereocenters. The second-order valence-corrected chi connectivity index (χ2v) is 9.20. The van der Waals surface area contributed by atoms with E-state index in [0.29, 0.717) is 11.8 Å². The summed E-state index contributed by atoms with van der Waals surface area (Å²) in [5.74, 6) is 1.25. The van der Waals surface area contributed by atoms with E-state index in [0.717, 1.165) is 5.69 Å². The van der Waals surface area contributed by atoms with Crippen molar-refractivity contribution in [3.63, 3.8) is 0 Å². The van der Waals surface area contributed by atoms with Gasteiger partial charge in [0.2, 0.25) is 0 Å². The maximum atomic E-state index is 4.58. The normalized spacial score (nSPS) is 14.7. The lowest BCUT2D eigenvalue weighted by Crippen LogP contribution is -2.10. The summed E-state index contributed by atoms with van der Waals surface area (Å²) < 4.78 is 0. The highest BCUT2D eigenvalue weighted by molar-refractivity contribution is 5.84. The standard InChI is InChI=1S/C30H29N/c1-19(2)22-12-9-13-23(20(3)4)29(22)30-25-11-6-5-10-24(25)27-18-21(15-16-26(27)30)28-14-7-8-17-31-28/h5-20,30H,1-4H3. The Hall–Kier alpha value is -3.19. The molecule has 0 radical (unpaired) electrons. The third-order valence-corrected chi connectivity index (χ3v) is 6.59. The van der Waals surface area contributed by atoms with Gasteiger partial charge in [-0.05, 0) is 69.0 Å². The first kappa shape index (κ1) is 19.8. The van der Waals surface area contributed by atoms with Gasteiger partial charge in [-0.1, -0.05) is 88.4 Å². The van der Waals surface area contributed by atoms with Crippen molar-refractivity contribution in [3.05, 3.63) is 113 Å². The molecule has 0 fully saturated rings. The zero-order valence-electron chi connectivity index (χ0n) is 18.8. The molecule has 0 aliphatic heterocycles. The Morgan fingerprint density at radius 1 is 0.645 bits per heavy atom. The van der Waals surface area contributed by atoms with E-state index in [2.05, 4.69) is 105 Å². The molecule has 5 rings (SSSR count). The third kappa shape index (κ3) is 3.29. The van der Waals surface area contributed by atoms with Crippen LogP contribution in [-0.2, 0) is 0 Å². The van der Waals surface area contributed by atoms with E-state index in [4.69, 9.17) is 0 Å². The predicted octanol–water partition coefficient (Wildman–Crippen LogP) is 8.16. The number of pyridine rings is 1. The van der Waals surface area contributed by atoms with Gasteiger partial charge in [-0.2, -0.15) is 0 Å². The van der Waals surface area contributed by atoms with Gasteiger partial charge in [0.25, 0.3) is 0 Å². The molecule has 1 aromatic heterocycles. The zero-order chi connectivity index (χ0) is 21.5. The molecular weight excluding hydrogens is 374 g/mol. The first-order chi connectivity index (χ1) is 15.1. The molecular formula is C30H29N. The second kappa shape index (κ2) is 7.81. The van der Waals surface area contributed by atoms with Crippen LogP contribution in [0.15, 0.2) is 85.1 Å². The van der Waals surface area contributed by atoms with Gasteiger partial charge >= 0.3 is 0 Å². The highest BCUT2D eigenvalue weighted by atomic mass is 14.7. The summed E-state index contributed by atoms with van der Waals surface area (Å²) in [5.41, 5.74) is 12.2. The maximum Gasteiger partial charge on any atom is 0.0702 e. The van der Waals surface area contributed by atoms with Crippen molar-refractivity contribution in [2.45, 2.75) is 45.4 Å². The number of aromatic nitrogens is 1. The summed E-state index contributed by atoms with van der Waals surface area (Å²) in [4.78, 5) is 4.58. The SMILES string of the molecule is CC(C)c1cccc(C(C)C)c1C1c2ccccc2-c2cc(-c3ccccn3)ccc21. The predicted molar refractivity (Wildman–Crippen MR) is 131 cm³/mol. The average Bonchev–Trinajstić information content (AvgIpc) is 3.12. The Kier molecular flexibility index (Phi) is 4.98. The summed E-state index contributed by atoms with van der Waals surface area (Å²) in [6.45, 7) is 9.26. The number of fused-ring (bicyclic) bond motifs is 3. The van der Waals surface area contributed by atoms with Crippen LogP contribution in [0.5, 0.6) is 0 Å². The Labute approximate surface area is 185 Å². The van der Waals surface area contributed by atoms with Crippen LogP contribution in [0.25, 0.3) is 22.4 Å². The van der Waals surface area contributed by atoms with Crippen molar-refractivity contribution in [2.75, 3.05) is 0 Å². The van der Waals surface area contributed by atoms with Crippen molar-refractivity contribution in [3.8, 4) is 22.4 Å². The van der Waals surface area contributed by atoms with Gasteiger partial charge in [0.05, 0.1) is 5.69 Å².